The van der Waals surface area contributed by atoms with Crippen LogP contribution in [0.15, 0.2) is 18.2 Å². The molecule has 3 nitrogen and oxygen atoms in total. The summed E-state index contributed by atoms with van der Waals surface area (Å²) in [5.74, 6) is -0.616. The van der Waals surface area contributed by atoms with Crippen molar-refractivity contribution >= 4 is 12.6 Å². The molecule has 4 N–H and O–H groups in total. The molecular formula is C9H11BFNO2. The molecule has 0 atom stereocenters. The van der Waals surface area contributed by atoms with Crippen molar-refractivity contribution < 1.29 is 14.4 Å². The summed E-state index contributed by atoms with van der Waals surface area (Å²) in [4.78, 5) is 0. The summed E-state index contributed by atoms with van der Waals surface area (Å²) in [7, 11) is -1.77. The van der Waals surface area contributed by atoms with E-state index in [0.717, 1.165) is 18.4 Å². The predicted molar refractivity (Wildman–Crippen MR) is 51.3 cm³/mol. The first kappa shape index (κ1) is 9.64. The van der Waals surface area contributed by atoms with E-state index in [0.29, 0.717) is 0 Å². The molecule has 0 aliphatic heterocycles. The van der Waals surface area contributed by atoms with Crippen LogP contribution >= 0.6 is 0 Å². The Morgan fingerprint density at radius 2 is 2.00 bits per heavy atom. The lowest BCUT2D eigenvalue weighted by molar-refractivity contribution is 0.423. The average molecular weight is 195 g/mol. The van der Waals surface area contributed by atoms with Gasteiger partial charge in [-0.1, -0.05) is 12.1 Å². The Labute approximate surface area is 81.5 Å². The van der Waals surface area contributed by atoms with Gasteiger partial charge in [-0.15, -0.1) is 0 Å². The molecule has 1 aromatic carbocycles. The SMILES string of the molecule is NC1(c2ccc(B(O)O)c(F)c2)CC1. The number of rotatable bonds is 2. The number of nitrogens with two attached hydrogens (primary N) is 1. The number of halogens is 1. The normalized spacial score (nSPS) is 18.0. The maximum Gasteiger partial charge on any atom is 0.491 e. The average Bonchev–Trinajstić information content (AvgIpc) is 2.84. The Morgan fingerprint density at radius 3 is 2.43 bits per heavy atom. The highest BCUT2D eigenvalue weighted by atomic mass is 19.1. The summed E-state index contributed by atoms with van der Waals surface area (Å²) >= 11 is 0. The first-order chi connectivity index (χ1) is 6.53. The van der Waals surface area contributed by atoms with E-state index in [1.165, 1.54) is 12.1 Å². The van der Waals surface area contributed by atoms with E-state index in [1.54, 1.807) is 6.07 Å². The van der Waals surface area contributed by atoms with Gasteiger partial charge in [0.15, 0.2) is 0 Å². The molecule has 0 amide bonds. The molecular weight excluding hydrogens is 184 g/mol. The smallest absolute Gasteiger partial charge is 0.423 e. The molecule has 2 rings (SSSR count). The van der Waals surface area contributed by atoms with Crippen molar-refractivity contribution in [2.24, 2.45) is 5.73 Å². The molecule has 1 aliphatic rings. The van der Waals surface area contributed by atoms with Crippen LogP contribution in [0.5, 0.6) is 0 Å². The first-order valence-electron chi connectivity index (χ1n) is 4.48. The van der Waals surface area contributed by atoms with Gasteiger partial charge in [0.05, 0.1) is 0 Å². The fourth-order valence-corrected chi connectivity index (χ4v) is 1.47. The van der Waals surface area contributed by atoms with Crippen molar-refractivity contribution in [2.75, 3.05) is 0 Å². The minimum absolute atomic E-state index is 0.113. The van der Waals surface area contributed by atoms with Crippen LogP contribution in [0, 0.1) is 5.82 Å². The Kier molecular flexibility index (Phi) is 2.10. The lowest BCUT2D eigenvalue weighted by Gasteiger charge is -2.10. The zero-order valence-corrected chi connectivity index (χ0v) is 7.57. The standard InChI is InChI=1S/C9H11BFNO2/c11-8-5-6(9(12)3-4-9)1-2-7(8)10(13)14/h1-2,5,13-14H,3-4,12H2. The second kappa shape index (κ2) is 3.05. The molecule has 0 radical (unpaired) electrons. The molecule has 0 unspecified atom stereocenters. The molecule has 1 saturated carbocycles. The van der Waals surface area contributed by atoms with Gasteiger partial charge < -0.3 is 15.8 Å². The maximum absolute atomic E-state index is 13.3. The third kappa shape index (κ3) is 1.54. The van der Waals surface area contributed by atoms with Crippen molar-refractivity contribution in [1.82, 2.24) is 0 Å². The van der Waals surface area contributed by atoms with Crippen LogP contribution in [0.3, 0.4) is 0 Å². The molecule has 0 aromatic heterocycles. The summed E-state index contributed by atoms with van der Waals surface area (Å²) in [6.45, 7) is 0. The largest absolute Gasteiger partial charge is 0.491 e. The van der Waals surface area contributed by atoms with Gasteiger partial charge in [0.2, 0.25) is 0 Å². The van der Waals surface area contributed by atoms with E-state index in [-0.39, 0.29) is 11.0 Å². The van der Waals surface area contributed by atoms with E-state index >= 15 is 0 Å². The van der Waals surface area contributed by atoms with Crippen molar-refractivity contribution in [2.45, 2.75) is 18.4 Å². The monoisotopic (exact) mass is 195 g/mol. The van der Waals surface area contributed by atoms with Gasteiger partial charge in [-0.2, -0.15) is 0 Å². The second-order valence-corrected chi connectivity index (χ2v) is 3.77. The topological polar surface area (TPSA) is 66.5 Å². The zero-order valence-electron chi connectivity index (χ0n) is 7.57. The van der Waals surface area contributed by atoms with Crippen molar-refractivity contribution in [3.05, 3.63) is 29.6 Å². The lowest BCUT2D eigenvalue weighted by Crippen LogP contribution is -2.33. The van der Waals surface area contributed by atoms with Crippen LogP contribution in [0.2, 0.25) is 0 Å². The summed E-state index contributed by atoms with van der Waals surface area (Å²) in [6.07, 6.45) is 1.71. The molecule has 1 aromatic rings. The second-order valence-electron chi connectivity index (χ2n) is 3.77. The van der Waals surface area contributed by atoms with E-state index < -0.39 is 12.9 Å². The van der Waals surface area contributed by atoms with Crippen molar-refractivity contribution in [3.8, 4) is 0 Å². The van der Waals surface area contributed by atoms with Gasteiger partial charge in [0.1, 0.15) is 5.82 Å². The lowest BCUT2D eigenvalue weighted by atomic mass is 9.79. The van der Waals surface area contributed by atoms with Crippen LogP contribution in [0.4, 0.5) is 4.39 Å². The first-order valence-corrected chi connectivity index (χ1v) is 4.48. The van der Waals surface area contributed by atoms with E-state index in [1.807, 2.05) is 0 Å². The molecule has 14 heavy (non-hydrogen) atoms. The number of hydrogen-bond acceptors (Lipinski definition) is 3. The van der Waals surface area contributed by atoms with Crippen molar-refractivity contribution in [3.63, 3.8) is 0 Å². The Hall–Kier alpha value is -0.905. The Bertz CT molecular complexity index is 366. The molecule has 0 bridgehead atoms. The highest BCUT2D eigenvalue weighted by molar-refractivity contribution is 6.58. The van der Waals surface area contributed by atoms with Gasteiger partial charge in [0, 0.05) is 11.0 Å². The minimum atomic E-state index is -1.77. The fourth-order valence-electron chi connectivity index (χ4n) is 1.47. The summed E-state index contributed by atoms with van der Waals surface area (Å²) in [5.41, 5.74) is 6.09. The third-order valence-electron chi connectivity index (χ3n) is 2.64. The Balaban J connectivity index is 2.36. The molecule has 0 saturated heterocycles. The molecule has 0 heterocycles. The predicted octanol–water partition coefficient (Wildman–Crippen LogP) is -0.547. The van der Waals surface area contributed by atoms with E-state index in [2.05, 4.69) is 0 Å². The third-order valence-corrected chi connectivity index (χ3v) is 2.64. The van der Waals surface area contributed by atoms with Crippen LogP contribution < -0.4 is 11.2 Å². The molecule has 5 heteroatoms. The van der Waals surface area contributed by atoms with Crippen molar-refractivity contribution in [1.29, 1.82) is 0 Å². The molecule has 0 spiro atoms. The summed E-state index contributed by atoms with van der Waals surface area (Å²) in [5, 5.41) is 17.6. The number of hydrogen-bond donors (Lipinski definition) is 3. The highest BCUT2D eigenvalue weighted by Gasteiger charge is 2.40. The molecule has 74 valence electrons. The van der Waals surface area contributed by atoms with Crippen LogP contribution in [0.25, 0.3) is 0 Å². The van der Waals surface area contributed by atoms with Gasteiger partial charge >= 0.3 is 7.12 Å². The van der Waals surface area contributed by atoms with Gasteiger partial charge in [-0.05, 0) is 24.5 Å². The summed E-state index contributed by atoms with van der Waals surface area (Å²) < 4.78 is 13.3. The van der Waals surface area contributed by atoms with Gasteiger partial charge in [-0.25, -0.2) is 4.39 Å². The zero-order chi connectivity index (χ0) is 10.3. The van der Waals surface area contributed by atoms with E-state index in [4.69, 9.17) is 15.8 Å². The maximum atomic E-state index is 13.3. The molecule has 1 aliphatic carbocycles. The van der Waals surface area contributed by atoms with Crippen LogP contribution in [-0.2, 0) is 5.54 Å². The highest BCUT2D eigenvalue weighted by Crippen LogP contribution is 2.42. The quantitative estimate of drug-likeness (QED) is 0.555. The minimum Gasteiger partial charge on any atom is -0.423 e. The Morgan fingerprint density at radius 1 is 1.36 bits per heavy atom. The van der Waals surface area contributed by atoms with Crippen LogP contribution in [0.1, 0.15) is 18.4 Å². The fraction of sp³-hybridized carbons (Fsp3) is 0.333. The molecule has 1 fully saturated rings. The number of benzene rings is 1. The van der Waals surface area contributed by atoms with Gasteiger partial charge in [0.25, 0.3) is 0 Å². The van der Waals surface area contributed by atoms with Crippen LogP contribution in [-0.4, -0.2) is 17.2 Å². The summed E-state index contributed by atoms with van der Waals surface area (Å²) in [6, 6.07) is 4.29. The van der Waals surface area contributed by atoms with Gasteiger partial charge in [-0.3, -0.25) is 0 Å². The van der Waals surface area contributed by atoms with E-state index in [9.17, 15) is 4.39 Å².